The maximum atomic E-state index is 13.1. The monoisotopic (exact) mass is 471 g/mol. The van der Waals surface area contributed by atoms with Crippen LogP contribution < -0.4 is 10.2 Å². The number of carbonyl (C=O) groups is 3. The van der Waals surface area contributed by atoms with Crippen LogP contribution in [0.1, 0.15) is 35.7 Å². The Morgan fingerprint density at radius 1 is 1.09 bits per heavy atom. The summed E-state index contributed by atoms with van der Waals surface area (Å²) >= 11 is 12.3. The first-order valence-electron chi connectivity index (χ1n) is 10.5. The van der Waals surface area contributed by atoms with Crippen LogP contribution in [0.3, 0.4) is 0 Å². The molecule has 3 amide bonds. The number of hydrogen-bond donors (Lipinski definition) is 1. The molecule has 0 saturated carbocycles. The number of amides is 3. The third kappa shape index (κ3) is 4.25. The summed E-state index contributed by atoms with van der Waals surface area (Å²) in [4.78, 5) is 41.6. The molecule has 2 aliphatic heterocycles. The minimum Gasteiger partial charge on any atom is -0.350 e. The number of hydrogen-bond acceptors (Lipinski definition) is 4. The fourth-order valence-corrected chi connectivity index (χ4v) is 4.46. The van der Waals surface area contributed by atoms with E-state index >= 15 is 0 Å². The van der Waals surface area contributed by atoms with E-state index in [9.17, 15) is 14.4 Å². The number of rotatable bonds is 4. The Balaban J connectivity index is 1.57. The number of benzene rings is 2. The molecule has 0 bridgehead atoms. The molecule has 0 aliphatic carbocycles. The quantitative estimate of drug-likeness (QED) is 0.639. The van der Waals surface area contributed by atoms with Crippen molar-refractivity contribution in [3.63, 3.8) is 0 Å². The van der Waals surface area contributed by atoms with Gasteiger partial charge in [0.05, 0.1) is 5.69 Å². The van der Waals surface area contributed by atoms with E-state index in [4.69, 9.17) is 23.2 Å². The van der Waals surface area contributed by atoms with Gasteiger partial charge in [-0.05, 0) is 61.6 Å². The second kappa shape index (κ2) is 8.96. The lowest BCUT2D eigenvalue weighted by Gasteiger charge is -2.31. The number of likely N-dealkylation sites (tertiary alicyclic amines) is 1. The fraction of sp³-hybridized carbons (Fsp3) is 0.292. The normalized spacial score (nSPS) is 19.1. The number of anilines is 2. The minimum atomic E-state index is -0.626. The molecule has 1 fully saturated rings. The van der Waals surface area contributed by atoms with Gasteiger partial charge in [0.2, 0.25) is 0 Å². The highest BCUT2D eigenvalue weighted by atomic mass is 35.5. The van der Waals surface area contributed by atoms with Gasteiger partial charge in [0.1, 0.15) is 10.7 Å². The first-order valence-corrected chi connectivity index (χ1v) is 11.2. The summed E-state index contributed by atoms with van der Waals surface area (Å²) in [5.41, 5.74) is 2.07. The SMILES string of the molecule is Cc1ccc(Cl)cc1N1C(=O)C(Cl)=C(Nc2cccc(C(=O)N3CCCC(C)C3)c2)C1=O. The summed E-state index contributed by atoms with van der Waals surface area (Å²) < 4.78 is 0. The van der Waals surface area contributed by atoms with Crippen LogP contribution >= 0.6 is 23.2 Å². The van der Waals surface area contributed by atoms with E-state index in [1.807, 2.05) is 4.90 Å². The van der Waals surface area contributed by atoms with E-state index in [-0.39, 0.29) is 16.6 Å². The van der Waals surface area contributed by atoms with Crippen molar-refractivity contribution in [1.82, 2.24) is 4.90 Å². The highest BCUT2D eigenvalue weighted by molar-refractivity contribution is 6.53. The van der Waals surface area contributed by atoms with Gasteiger partial charge >= 0.3 is 0 Å². The summed E-state index contributed by atoms with van der Waals surface area (Å²) in [5.74, 6) is -0.780. The van der Waals surface area contributed by atoms with Crippen molar-refractivity contribution < 1.29 is 14.4 Å². The Kier molecular flexibility index (Phi) is 6.26. The molecule has 8 heteroatoms. The number of piperidine rings is 1. The zero-order valence-electron chi connectivity index (χ0n) is 17.8. The maximum absolute atomic E-state index is 13.1. The Labute approximate surface area is 196 Å². The predicted molar refractivity (Wildman–Crippen MR) is 126 cm³/mol. The summed E-state index contributed by atoms with van der Waals surface area (Å²) in [6, 6.07) is 11.8. The Bertz CT molecular complexity index is 1150. The zero-order valence-corrected chi connectivity index (χ0v) is 19.3. The van der Waals surface area contributed by atoms with Crippen molar-refractivity contribution in [3.8, 4) is 0 Å². The van der Waals surface area contributed by atoms with Gasteiger partial charge in [-0.3, -0.25) is 14.4 Å². The molecule has 6 nitrogen and oxygen atoms in total. The number of carbonyl (C=O) groups excluding carboxylic acids is 3. The van der Waals surface area contributed by atoms with E-state index in [1.54, 1.807) is 49.4 Å². The number of imide groups is 1. The second-order valence-corrected chi connectivity index (χ2v) is 9.08. The lowest BCUT2D eigenvalue weighted by atomic mass is 9.99. The highest BCUT2D eigenvalue weighted by Crippen LogP contribution is 2.33. The number of aryl methyl sites for hydroxylation is 1. The van der Waals surface area contributed by atoms with Gasteiger partial charge in [-0.1, -0.05) is 42.3 Å². The maximum Gasteiger partial charge on any atom is 0.283 e. The van der Waals surface area contributed by atoms with Crippen molar-refractivity contribution in [2.24, 2.45) is 5.92 Å². The van der Waals surface area contributed by atoms with Crippen LogP contribution in [0.25, 0.3) is 0 Å². The lowest BCUT2D eigenvalue weighted by Crippen LogP contribution is -2.39. The third-order valence-corrected chi connectivity index (χ3v) is 6.35. The van der Waals surface area contributed by atoms with Crippen LogP contribution in [0.2, 0.25) is 5.02 Å². The average molecular weight is 472 g/mol. The molecule has 1 saturated heterocycles. The number of nitrogens with zero attached hydrogens (tertiary/aromatic N) is 2. The summed E-state index contributed by atoms with van der Waals surface area (Å²) in [7, 11) is 0. The van der Waals surface area contributed by atoms with E-state index in [0.29, 0.717) is 33.4 Å². The van der Waals surface area contributed by atoms with E-state index in [0.717, 1.165) is 30.8 Å². The van der Waals surface area contributed by atoms with Crippen LogP contribution in [0.5, 0.6) is 0 Å². The van der Waals surface area contributed by atoms with Gasteiger partial charge in [0.25, 0.3) is 17.7 Å². The van der Waals surface area contributed by atoms with Crippen molar-refractivity contribution >= 4 is 52.3 Å². The third-order valence-electron chi connectivity index (χ3n) is 5.76. The van der Waals surface area contributed by atoms with Gasteiger partial charge in [-0.15, -0.1) is 0 Å². The lowest BCUT2D eigenvalue weighted by molar-refractivity contribution is -0.120. The molecule has 2 aromatic rings. The first kappa shape index (κ1) is 22.4. The van der Waals surface area contributed by atoms with Gasteiger partial charge < -0.3 is 10.2 Å². The molecule has 0 radical (unpaired) electrons. The first-order chi connectivity index (χ1) is 15.3. The van der Waals surface area contributed by atoms with Crippen molar-refractivity contribution in [2.45, 2.75) is 26.7 Å². The molecule has 2 aliphatic rings. The summed E-state index contributed by atoms with van der Waals surface area (Å²) in [6.07, 6.45) is 2.11. The molecule has 0 spiro atoms. The Hall–Kier alpha value is -2.83. The number of halogens is 2. The molecular formula is C24H23Cl2N3O3. The Morgan fingerprint density at radius 2 is 1.88 bits per heavy atom. The van der Waals surface area contributed by atoms with Crippen LogP contribution in [-0.4, -0.2) is 35.7 Å². The average Bonchev–Trinajstić information content (AvgIpc) is 2.98. The predicted octanol–water partition coefficient (Wildman–Crippen LogP) is 4.96. The van der Waals surface area contributed by atoms with Crippen molar-refractivity contribution in [1.29, 1.82) is 0 Å². The van der Waals surface area contributed by atoms with Gasteiger partial charge in [-0.2, -0.15) is 0 Å². The molecule has 32 heavy (non-hydrogen) atoms. The molecule has 1 unspecified atom stereocenters. The summed E-state index contributed by atoms with van der Waals surface area (Å²) in [6.45, 7) is 5.39. The Morgan fingerprint density at radius 3 is 2.62 bits per heavy atom. The molecule has 0 aromatic heterocycles. The van der Waals surface area contributed by atoms with Crippen LogP contribution in [0.15, 0.2) is 53.2 Å². The van der Waals surface area contributed by atoms with Crippen LogP contribution in [0.4, 0.5) is 11.4 Å². The zero-order chi connectivity index (χ0) is 23.0. The van der Waals surface area contributed by atoms with Gasteiger partial charge in [-0.25, -0.2) is 4.90 Å². The molecule has 1 N–H and O–H groups in total. The summed E-state index contributed by atoms with van der Waals surface area (Å²) in [5, 5.41) is 3.14. The molecule has 4 rings (SSSR count). The highest BCUT2D eigenvalue weighted by Gasteiger charge is 2.39. The largest absolute Gasteiger partial charge is 0.350 e. The van der Waals surface area contributed by atoms with E-state index < -0.39 is 11.8 Å². The second-order valence-electron chi connectivity index (χ2n) is 8.27. The minimum absolute atomic E-state index is 0.0350. The fourth-order valence-electron chi connectivity index (χ4n) is 4.08. The molecule has 1 atom stereocenters. The molecule has 2 aromatic carbocycles. The molecular weight excluding hydrogens is 449 g/mol. The van der Waals surface area contributed by atoms with Crippen LogP contribution in [0, 0.1) is 12.8 Å². The standard InChI is InChI=1S/C24H23Cl2N3O3/c1-14-5-4-10-28(13-14)22(30)16-6-3-7-18(11-16)27-21-20(26)23(31)29(24(21)32)19-12-17(25)9-8-15(19)2/h3,6-9,11-12,14,27H,4-5,10,13H2,1-2H3. The van der Waals surface area contributed by atoms with Crippen molar-refractivity contribution in [2.75, 3.05) is 23.3 Å². The molecule has 166 valence electrons. The number of nitrogens with one attached hydrogen (secondary N) is 1. The van der Waals surface area contributed by atoms with Gasteiger partial charge in [0.15, 0.2) is 0 Å². The topological polar surface area (TPSA) is 69.7 Å². The molecule has 2 heterocycles. The van der Waals surface area contributed by atoms with Crippen LogP contribution in [-0.2, 0) is 9.59 Å². The van der Waals surface area contributed by atoms with E-state index in [2.05, 4.69) is 12.2 Å². The van der Waals surface area contributed by atoms with E-state index in [1.165, 1.54) is 0 Å². The van der Waals surface area contributed by atoms with Crippen molar-refractivity contribution in [3.05, 3.63) is 69.3 Å². The van der Waals surface area contributed by atoms with Gasteiger partial charge in [0, 0.05) is 29.4 Å². The smallest absolute Gasteiger partial charge is 0.283 e.